The van der Waals surface area contributed by atoms with Crippen LogP contribution in [-0.4, -0.2) is 31.4 Å². The molecular formula is C11H20N2O. The van der Waals surface area contributed by atoms with Crippen LogP contribution >= 0.6 is 0 Å². The molecular weight excluding hydrogens is 176 g/mol. The van der Waals surface area contributed by atoms with Crippen LogP contribution in [0.3, 0.4) is 0 Å². The Morgan fingerprint density at radius 3 is 2.64 bits per heavy atom. The third kappa shape index (κ3) is 5.41. The fraction of sp³-hybridized carbons (Fsp3) is 0.545. The van der Waals surface area contributed by atoms with Crippen molar-refractivity contribution in [3.05, 3.63) is 24.0 Å². The van der Waals surface area contributed by atoms with Crippen molar-refractivity contribution in [2.45, 2.75) is 20.8 Å². The fourth-order valence-corrected chi connectivity index (χ4v) is 1.02. The zero-order chi connectivity index (χ0) is 11.0. The van der Waals surface area contributed by atoms with Gasteiger partial charge in [-0.15, -0.1) is 0 Å². The summed E-state index contributed by atoms with van der Waals surface area (Å²) in [6, 6.07) is 0. The molecule has 0 radical (unpaired) electrons. The number of likely N-dealkylation sites (N-methyl/N-ethyl adjacent to an activating group) is 1. The Hall–Kier alpha value is -1.25. The summed E-state index contributed by atoms with van der Waals surface area (Å²) < 4.78 is 5.04. The zero-order valence-corrected chi connectivity index (χ0v) is 9.58. The summed E-state index contributed by atoms with van der Waals surface area (Å²) in [5, 5.41) is 6.14. The molecule has 0 aromatic heterocycles. The second kappa shape index (κ2) is 7.18. The second-order valence-electron chi connectivity index (χ2n) is 2.97. The highest BCUT2D eigenvalue weighted by Gasteiger charge is 1.98. The van der Waals surface area contributed by atoms with E-state index in [1.165, 1.54) is 0 Å². The van der Waals surface area contributed by atoms with Gasteiger partial charge in [-0.05, 0) is 32.4 Å². The van der Waals surface area contributed by atoms with Gasteiger partial charge in [-0.2, -0.15) is 5.10 Å². The molecule has 0 aliphatic rings. The van der Waals surface area contributed by atoms with Gasteiger partial charge in [0.25, 0.3) is 0 Å². The minimum Gasteiger partial charge on any atom is -0.501 e. The topological polar surface area (TPSA) is 24.8 Å². The minimum atomic E-state index is 0.738. The first-order valence-corrected chi connectivity index (χ1v) is 4.77. The predicted molar refractivity (Wildman–Crippen MR) is 61.3 cm³/mol. The number of ether oxygens (including phenoxy) is 1. The molecule has 0 heterocycles. The van der Waals surface area contributed by atoms with Gasteiger partial charge in [-0.25, -0.2) is 0 Å². The number of hydrazone groups is 1. The van der Waals surface area contributed by atoms with Crippen molar-refractivity contribution >= 4 is 6.21 Å². The van der Waals surface area contributed by atoms with Gasteiger partial charge in [-0.3, -0.25) is 5.01 Å². The second-order valence-corrected chi connectivity index (χ2v) is 2.97. The molecule has 0 saturated heterocycles. The normalized spacial score (nSPS) is 11.9. The number of rotatable bonds is 6. The first-order chi connectivity index (χ1) is 6.63. The summed E-state index contributed by atoms with van der Waals surface area (Å²) in [5.74, 6) is 0.867. The van der Waals surface area contributed by atoms with Crippen LogP contribution in [0.5, 0.6) is 0 Å². The van der Waals surface area contributed by atoms with Crippen molar-refractivity contribution in [1.82, 2.24) is 5.01 Å². The lowest BCUT2D eigenvalue weighted by Crippen LogP contribution is -2.19. The molecule has 3 nitrogen and oxygen atoms in total. The Labute approximate surface area is 86.7 Å². The van der Waals surface area contributed by atoms with Gasteiger partial charge in [0.15, 0.2) is 0 Å². The first-order valence-electron chi connectivity index (χ1n) is 4.77. The van der Waals surface area contributed by atoms with Crippen LogP contribution in [0.25, 0.3) is 0 Å². The minimum absolute atomic E-state index is 0.738. The van der Waals surface area contributed by atoms with E-state index in [9.17, 15) is 0 Å². The van der Waals surface area contributed by atoms with Crippen LogP contribution in [0.2, 0.25) is 0 Å². The van der Waals surface area contributed by atoms with Gasteiger partial charge in [-0.1, -0.05) is 6.58 Å². The van der Waals surface area contributed by atoms with Crippen molar-refractivity contribution in [3.8, 4) is 0 Å². The van der Waals surface area contributed by atoms with Crippen LogP contribution in [0.15, 0.2) is 29.1 Å². The molecule has 3 heteroatoms. The lowest BCUT2D eigenvalue weighted by atomic mass is 10.2. The summed E-state index contributed by atoms with van der Waals surface area (Å²) in [7, 11) is 1.65. The van der Waals surface area contributed by atoms with E-state index in [-0.39, 0.29) is 0 Å². The molecule has 0 N–H and O–H groups in total. The molecule has 0 saturated carbocycles. The molecule has 0 aromatic carbocycles. The van der Waals surface area contributed by atoms with Gasteiger partial charge < -0.3 is 4.74 Å². The molecule has 0 aliphatic carbocycles. The Balaban J connectivity index is 4.16. The predicted octanol–water partition coefficient (Wildman–Crippen LogP) is 2.42. The van der Waals surface area contributed by atoms with Crippen LogP contribution in [0.4, 0.5) is 0 Å². The molecule has 0 bridgehead atoms. The van der Waals surface area contributed by atoms with E-state index in [4.69, 9.17) is 4.74 Å². The summed E-state index contributed by atoms with van der Waals surface area (Å²) in [5.41, 5.74) is 0.997. The maximum absolute atomic E-state index is 5.04. The summed E-state index contributed by atoms with van der Waals surface area (Å²) in [6.07, 6.45) is 3.71. The van der Waals surface area contributed by atoms with Gasteiger partial charge >= 0.3 is 0 Å². The Morgan fingerprint density at radius 1 is 1.57 bits per heavy atom. The molecule has 80 valence electrons. The Bertz CT molecular complexity index is 231. The SMILES string of the molecule is C=C(/C=C(\C)OC)CN(CC)/N=C\C. The standard InChI is InChI=1S/C11H20N2O/c1-6-12-13(7-2)9-10(3)8-11(4)14-5/h6,8H,3,7,9H2,1-2,4-5H3/b11-8+,12-6-. The number of nitrogens with zero attached hydrogens (tertiary/aromatic N) is 2. The summed E-state index contributed by atoms with van der Waals surface area (Å²) in [6.45, 7) is 11.4. The van der Waals surface area contributed by atoms with E-state index < -0.39 is 0 Å². The van der Waals surface area contributed by atoms with Crippen LogP contribution in [0.1, 0.15) is 20.8 Å². The molecule has 0 fully saturated rings. The quantitative estimate of drug-likeness (QED) is 0.282. The van der Waals surface area contributed by atoms with Crippen molar-refractivity contribution in [2.24, 2.45) is 5.10 Å². The van der Waals surface area contributed by atoms with Gasteiger partial charge in [0.05, 0.1) is 19.4 Å². The zero-order valence-electron chi connectivity index (χ0n) is 9.58. The highest BCUT2D eigenvalue weighted by Crippen LogP contribution is 2.03. The van der Waals surface area contributed by atoms with E-state index >= 15 is 0 Å². The van der Waals surface area contributed by atoms with Gasteiger partial charge in [0, 0.05) is 12.8 Å². The van der Waals surface area contributed by atoms with E-state index in [1.54, 1.807) is 13.3 Å². The first kappa shape index (κ1) is 12.8. The van der Waals surface area contributed by atoms with E-state index in [0.29, 0.717) is 0 Å². The van der Waals surface area contributed by atoms with E-state index in [2.05, 4.69) is 18.6 Å². The number of methoxy groups -OCH3 is 1. The van der Waals surface area contributed by atoms with Crippen molar-refractivity contribution in [3.63, 3.8) is 0 Å². The van der Waals surface area contributed by atoms with E-state index in [1.807, 2.05) is 24.9 Å². The fourth-order valence-electron chi connectivity index (χ4n) is 1.02. The molecule has 0 unspecified atom stereocenters. The highest BCUT2D eigenvalue weighted by molar-refractivity contribution is 5.52. The van der Waals surface area contributed by atoms with Crippen molar-refractivity contribution < 1.29 is 4.74 Å². The van der Waals surface area contributed by atoms with Crippen LogP contribution < -0.4 is 0 Å². The number of hydrogen-bond acceptors (Lipinski definition) is 3. The highest BCUT2D eigenvalue weighted by atomic mass is 16.5. The average molecular weight is 196 g/mol. The molecule has 0 aliphatic heterocycles. The maximum atomic E-state index is 5.04. The molecule has 0 amide bonds. The smallest absolute Gasteiger partial charge is 0.0927 e. The summed E-state index contributed by atoms with van der Waals surface area (Å²) >= 11 is 0. The van der Waals surface area contributed by atoms with Crippen molar-refractivity contribution in [1.29, 1.82) is 0 Å². The maximum Gasteiger partial charge on any atom is 0.0927 e. The lowest BCUT2D eigenvalue weighted by molar-refractivity contribution is 0.291. The third-order valence-electron chi connectivity index (χ3n) is 1.76. The monoisotopic (exact) mass is 196 g/mol. The van der Waals surface area contributed by atoms with Crippen molar-refractivity contribution in [2.75, 3.05) is 20.2 Å². The average Bonchev–Trinajstić information content (AvgIpc) is 2.16. The number of allylic oxidation sites excluding steroid dienone is 1. The molecule has 14 heavy (non-hydrogen) atoms. The largest absolute Gasteiger partial charge is 0.501 e. The molecule has 0 atom stereocenters. The Morgan fingerprint density at radius 2 is 2.21 bits per heavy atom. The third-order valence-corrected chi connectivity index (χ3v) is 1.76. The van der Waals surface area contributed by atoms with Crippen LogP contribution in [-0.2, 0) is 4.74 Å². The van der Waals surface area contributed by atoms with Crippen LogP contribution in [0, 0.1) is 0 Å². The molecule has 0 aromatic rings. The number of hydrogen-bond donors (Lipinski definition) is 0. The molecule has 0 rings (SSSR count). The van der Waals surface area contributed by atoms with Gasteiger partial charge in [0.2, 0.25) is 0 Å². The lowest BCUT2D eigenvalue weighted by Gasteiger charge is -2.16. The molecule has 0 spiro atoms. The Kier molecular flexibility index (Phi) is 6.54. The van der Waals surface area contributed by atoms with Gasteiger partial charge in [0.1, 0.15) is 0 Å². The summed E-state index contributed by atoms with van der Waals surface area (Å²) in [4.78, 5) is 0. The van der Waals surface area contributed by atoms with E-state index in [0.717, 1.165) is 24.4 Å².